The van der Waals surface area contributed by atoms with E-state index >= 15 is 0 Å². The van der Waals surface area contributed by atoms with Gasteiger partial charge in [0.2, 0.25) is 5.91 Å². The molecular weight excluding hydrogens is 428 g/mol. The maximum absolute atomic E-state index is 13.7. The summed E-state index contributed by atoms with van der Waals surface area (Å²) >= 11 is 6.24. The molecule has 0 saturated carbocycles. The van der Waals surface area contributed by atoms with Gasteiger partial charge >= 0.3 is 0 Å². The minimum atomic E-state index is -4.14. The Hall–Kier alpha value is -2.45. The maximum atomic E-state index is 13.7. The number of sulfonamides is 1. The summed E-state index contributed by atoms with van der Waals surface area (Å²) in [6, 6.07) is 9.46. The van der Waals surface area contributed by atoms with Crippen molar-refractivity contribution in [2.75, 3.05) is 38.2 Å². The van der Waals surface area contributed by atoms with Gasteiger partial charge in [0, 0.05) is 13.1 Å². The number of carbonyl (C=O) groups excluding carboxylic acids is 1. The lowest BCUT2D eigenvalue weighted by molar-refractivity contribution is -0.129. The van der Waals surface area contributed by atoms with E-state index < -0.39 is 10.0 Å². The number of halogens is 1. The fourth-order valence-corrected chi connectivity index (χ4v) is 4.93. The van der Waals surface area contributed by atoms with E-state index in [1.807, 2.05) is 13.8 Å². The molecule has 164 valence electrons. The smallest absolute Gasteiger partial charge is 0.268 e. The third-order valence-electron chi connectivity index (χ3n) is 4.71. The first-order chi connectivity index (χ1) is 14.2. The second-order valence-electron chi connectivity index (χ2n) is 6.55. The topological polar surface area (TPSA) is 76.2 Å². The number of carbonyl (C=O) groups is 1. The molecule has 0 radical (unpaired) electrons. The van der Waals surface area contributed by atoms with Crippen LogP contribution in [0.1, 0.15) is 19.4 Å². The minimum absolute atomic E-state index is 0.0238. The summed E-state index contributed by atoms with van der Waals surface area (Å²) in [5, 5.41) is 0.238. The molecule has 2 aromatic carbocycles. The van der Waals surface area contributed by atoms with Crippen molar-refractivity contribution in [1.82, 2.24) is 4.90 Å². The molecule has 0 spiro atoms. The minimum Gasteiger partial charge on any atom is -0.495 e. The van der Waals surface area contributed by atoms with Crippen LogP contribution in [-0.2, 0) is 14.8 Å². The average Bonchev–Trinajstić information content (AvgIpc) is 2.72. The van der Waals surface area contributed by atoms with Crippen LogP contribution >= 0.6 is 11.6 Å². The van der Waals surface area contributed by atoms with Crippen molar-refractivity contribution in [3.8, 4) is 11.5 Å². The van der Waals surface area contributed by atoms with Crippen molar-refractivity contribution >= 4 is 33.2 Å². The summed E-state index contributed by atoms with van der Waals surface area (Å²) in [5.41, 5.74) is 1.00. The standard InChI is InChI=1S/C21H27ClN2O5S/c1-6-23(7-2)21(25)14-24(16-9-11-18(28-4)17(22)13-16)30(26,27)20-12-15(3)8-10-19(20)29-5/h8-13H,6-7,14H2,1-5H3. The summed E-state index contributed by atoms with van der Waals surface area (Å²) in [7, 11) is -1.27. The van der Waals surface area contributed by atoms with E-state index in [9.17, 15) is 13.2 Å². The van der Waals surface area contributed by atoms with Crippen molar-refractivity contribution in [1.29, 1.82) is 0 Å². The van der Waals surface area contributed by atoms with E-state index in [0.717, 1.165) is 9.87 Å². The molecule has 0 N–H and O–H groups in total. The number of rotatable bonds is 9. The van der Waals surface area contributed by atoms with E-state index in [0.29, 0.717) is 18.8 Å². The first-order valence-corrected chi connectivity index (χ1v) is 11.3. The van der Waals surface area contributed by atoms with Crippen LogP contribution in [0.4, 0.5) is 5.69 Å². The second-order valence-corrected chi connectivity index (χ2v) is 8.79. The van der Waals surface area contributed by atoms with Gasteiger partial charge in [-0.05, 0) is 56.7 Å². The van der Waals surface area contributed by atoms with Crippen LogP contribution in [0.15, 0.2) is 41.3 Å². The number of ether oxygens (including phenoxy) is 2. The van der Waals surface area contributed by atoms with Crippen LogP contribution in [0, 0.1) is 6.92 Å². The Balaban J connectivity index is 2.64. The van der Waals surface area contributed by atoms with Crippen LogP contribution in [0.25, 0.3) is 0 Å². The number of benzene rings is 2. The fraction of sp³-hybridized carbons (Fsp3) is 0.381. The van der Waals surface area contributed by atoms with Crippen molar-refractivity contribution in [2.24, 2.45) is 0 Å². The zero-order valence-corrected chi connectivity index (χ0v) is 19.4. The highest BCUT2D eigenvalue weighted by atomic mass is 35.5. The summed E-state index contributed by atoms with van der Waals surface area (Å²) in [6.45, 7) is 6.04. The molecule has 2 rings (SSSR count). The molecule has 0 bridgehead atoms. The molecule has 0 atom stereocenters. The number of methoxy groups -OCH3 is 2. The van der Waals surface area contributed by atoms with Gasteiger partial charge in [0.25, 0.3) is 10.0 Å². The molecule has 0 aliphatic carbocycles. The molecule has 0 heterocycles. The van der Waals surface area contributed by atoms with Gasteiger partial charge in [-0.25, -0.2) is 8.42 Å². The number of hydrogen-bond acceptors (Lipinski definition) is 5. The van der Waals surface area contributed by atoms with Crippen molar-refractivity contribution in [3.05, 3.63) is 47.0 Å². The lowest BCUT2D eigenvalue weighted by Crippen LogP contribution is -2.43. The second kappa shape index (κ2) is 10.0. The highest BCUT2D eigenvalue weighted by Gasteiger charge is 2.31. The first kappa shape index (κ1) is 23.8. The van der Waals surface area contributed by atoms with E-state index in [1.54, 1.807) is 36.1 Å². The molecule has 30 heavy (non-hydrogen) atoms. The van der Waals surface area contributed by atoms with E-state index in [1.165, 1.54) is 26.4 Å². The van der Waals surface area contributed by atoms with E-state index in [2.05, 4.69) is 0 Å². The summed E-state index contributed by atoms with van der Waals surface area (Å²) < 4.78 is 38.8. The zero-order chi connectivity index (χ0) is 22.5. The van der Waals surface area contributed by atoms with Gasteiger partial charge in [-0.15, -0.1) is 0 Å². The van der Waals surface area contributed by atoms with E-state index in [4.69, 9.17) is 21.1 Å². The Labute approximate surface area is 183 Å². The molecule has 0 fully saturated rings. The van der Waals surface area contributed by atoms with Gasteiger partial charge in [-0.1, -0.05) is 17.7 Å². The normalized spacial score (nSPS) is 11.1. The van der Waals surface area contributed by atoms with Crippen LogP contribution in [-0.4, -0.2) is 53.1 Å². The Kier molecular flexibility index (Phi) is 7.97. The third-order valence-corrected chi connectivity index (χ3v) is 6.80. The van der Waals surface area contributed by atoms with Gasteiger partial charge in [0.15, 0.2) is 0 Å². The number of likely N-dealkylation sites (N-methyl/N-ethyl adjacent to an activating group) is 1. The van der Waals surface area contributed by atoms with Gasteiger partial charge in [0.05, 0.1) is 24.9 Å². The summed E-state index contributed by atoms with van der Waals surface area (Å²) in [5.74, 6) is 0.281. The molecule has 0 aromatic heterocycles. The number of nitrogens with zero attached hydrogens (tertiary/aromatic N) is 2. The summed E-state index contributed by atoms with van der Waals surface area (Å²) in [4.78, 5) is 14.4. The van der Waals surface area contributed by atoms with Gasteiger partial charge in [0.1, 0.15) is 22.9 Å². The quantitative estimate of drug-likeness (QED) is 0.577. The van der Waals surface area contributed by atoms with Gasteiger partial charge < -0.3 is 14.4 Å². The predicted molar refractivity (Wildman–Crippen MR) is 118 cm³/mol. The Morgan fingerprint density at radius 3 is 2.13 bits per heavy atom. The van der Waals surface area contributed by atoms with Crippen LogP contribution in [0.3, 0.4) is 0 Å². The molecule has 0 saturated heterocycles. The molecule has 1 amide bonds. The highest BCUT2D eigenvalue weighted by molar-refractivity contribution is 7.93. The number of aryl methyl sites for hydroxylation is 1. The molecule has 0 aliphatic heterocycles. The monoisotopic (exact) mass is 454 g/mol. The molecule has 7 nitrogen and oxygen atoms in total. The van der Waals surface area contributed by atoms with Crippen molar-refractivity contribution in [3.63, 3.8) is 0 Å². The predicted octanol–water partition coefficient (Wildman–Crippen LogP) is 3.73. The lowest BCUT2D eigenvalue weighted by Gasteiger charge is -2.28. The first-order valence-electron chi connectivity index (χ1n) is 9.48. The Bertz CT molecular complexity index is 1010. The third kappa shape index (κ3) is 4.99. The zero-order valence-electron chi connectivity index (χ0n) is 17.8. The van der Waals surface area contributed by atoms with Crippen molar-refractivity contribution < 1.29 is 22.7 Å². The maximum Gasteiger partial charge on any atom is 0.268 e. The van der Waals surface area contributed by atoms with Crippen LogP contribution < -0.4 is 13.8 Å². The molecule has 0 aliphatic rings. The fourth-order valence-electron chi connectivity index (χ4n) is 3.03. The van der Waals surface area contributed by atoms with E-state index in [-0.39, 0.29) is 33.8 Å². The van der Waals surface area contributed by atoms with Crippen LogP contribution in [0.2, 0.25) is 5.02 Å². The lowest BCUT2D eigenvalue weighted by atomic mass is 10.2. The number of hydrogen-bond donors (Lipinski definition) is 0. The average molecular weight is 455 g/mol. The number of amides is 1. The Morgan fingerprint density at radius 1 is 1.00 bits per heavy atom. The summed E-state index contributed by atoms with van der Waals surface area (Å²) in [6.07, 6.45) is 0. The SMILES string of the molecule is CCN(CC)C(=O)CN(c1ccc(OC)c(Cl)c1)S(=O)(=O)c1cc(C)ccc1OC. The van der Waals surface area contributed by atoms with Crippen molar-refractivity contribution in [2.45, 2.75) is 25.7 Å². The molecule has 0 unspecified atom stereocenters. The van der Waals surface area contributed by atoms with Crippen LogP contribution in [0.5, 0.6) is 11.5 Å². The highest BCUT2D eigenvalue weighted by Crippen LogP contribution is 2.34. The largest absolute Gasteiger partial charge is 0.495 e. The molecule has 2 aromatic rings. The van der Waals surface area contributed by atoms with Gasteiger partial charge in [-0.2, -0.15) is 0 Å². The number of anilines is 1. The van der Waals surface area contributed by atoms with Gasteiger partial charge in [-0.3, -0.25) is 9.10 Å². The molecular formula is C21H27ClN2O5S. The molecule has 9 heteroatoms. The Morgan fingerprint density at radius 2 is 1.60 bits per heavy atom.